The smallest absolute Gasteiger partial charge is 0.115 e. The molecule has 1 rings (SSSR count). The SMILES string of the molecule is CC1=NC=C(CO)C(N)(CN)C1O. The Labute approximate surface area is 76.8 Å². The molecule has 0 bridgehead atoms. The van der Waals surface area contributed by atoms with Crippen molar-refractivity contribution in [2.75, 3.05) is 13.2 Å². The fourth-order valence-corrected chi connectivity index (χ4v) is 1.35. The first kappa shape index (κ1) is 10.3. The van der Waals surface area contributed by atoms with Crippen LogP contribution in [-0.2, 0) is 0 Å². The third-order valence-corrected chi connectivity index (χ3v) is 2.41. The number of aliphatic hydroxyl groups is 2. The maximum absolute atomic E-state index is 9.71. The highest BCUT2D eigenvalue weighted by molar-refractivity contribution is 5.90. The van der Waals surface area contributed by atoms with Gasteiger partial charge in [-0.3, -0.25) is 4.99 Å². The highest BCUT2D eigenvalue weighted by atomic mass is 16.3. The first-order valence-electron chi connectivity index (χ1n) is 4.08. The number of rotatable bonds is 2. The van der Waals surface area contributed by atoms with Gasteiger partial charge in [0.25, 0.3) is 0 Å². The number of nitrogens with two attached hydrogens (primary N) is 2. The van der Waals surface area contributed by atoms with Crippen LogP contribution >= 0.6 is 0 Å². The second-order valence-electron chi connectivity index (χ2n) is 3.23. The lowest BCUT2D eigenvalue weighted by atomic mass is 9.82. The van der Waals surface area contributed by atoms with Crippen LogP contribution in [0.5, 0.6) is 0 Å². The average Bonchev–Trinajstić information content (AvgIpc) is 2.15. The van der Waals surface area contributed by atoms with Crippen molar-refractivity contribution in [2.45, 2.75) is 18.6 Å². The number of aliphatic hydroxyl groups excluding tert-OH is 2. The van der Waals surface area contributed by atoms with Crippen molar-refractivity contribution in [3.63, 3.8) is 0 Å². The fourth-order valence-electron chi connectivity index (χ4n) is 1.35. The van der Waals surface area contributed by atoms with Crippen LogP contribution in [0.3, 0.4) is 0 Å². The van der Waals surface area contributed by atoms with Gasteiger partial charge < -0.3 is 21.7 Å². The van der Waals surface area contributed by atoms with Crippen LogP contribution in [0.4, 0.5) is 0 Å². The maximum atomic E-state index is 9.71. The van der Waals surface area contributed by atoms with Crippen molar-refractivity contribution < 1.29 is 10.2 Å². The average molecular weight is 185 g/mol. The molecule has 0 saturated heterocycles. The summed E-state index contributed by atoms with van der Waals surface area (Å²) in [6.45, 7) is 1.52. The number of nitrogens with zero attached hydrogens (tertiary/aromatic N) is 1. The van der Waals surface area contributed by atoms with Crippen molar-refractivity contribution in [1.29, 1.82) is 0 Å². The molecule has 5 heteroatoms. The Hall–Kier alpha value is -0.750. The topological polar surface area (TPSA) is 105 Å². The molecule has 0 radical (unpaired) electrons. The summed E-state index contributed by atoms with van der Waals surface area (Å²) in [7, 11) is 0. The normalized spacial score (nSPS) is 34.1. The quantitative estimate of drug-likeness (QED) is 0.414. The molecule has 74 valence electrons. The van der Waals surface area contributed by atoms with Crippen LogP contribution in [0.2, 0.25) is 0 Å². The van der Waals surface area contributed by atoms with E-state index in [0.717, 1.165) is 0 Å². The van der Waals surface area contributed by atoms with E-state index < -0.39 is 11.6 Å². The Kier molecular flexibility index (Phi) is 2.82. The summed E-state index contributed by atoms with van der Waals surface area (Å²) in [6.07, 6.45) is 0.555. The van der Waals surface area contributed by atoms with Gasteiger partial charge in [-0.25, -0.2) is 0 Å². The molecule has 0 spiro atoms. The number of hydrogen-bond acceptors (Lipinski definition) is 5. The van der Waals surface area contributed by atoms with Gasteiger partial charge in [0.15, 0.2) is 0 Å². The molecule has 0 amide bonds. The van der Waals surface area contributed by atoms with Crippen LogP contribution in [-0.4, -0.2) is 40.7 Å². The molecule has 0 aromatic rings. The minimum Gasteiger partial charge on any atom is -0.392 e. The predicted octanol–water partition coefficient (Wildman–Crippen LogP) is -1.65. The maximum Gasteiger partial charge on any atom is 0.115 e. The molecule has 0 aliphatic carbocycles. The Morgan fingerprint density at radius 1 is 1.69 bits per heavy atom. The number of hydrogen-bond donors (Lipinski definition) is 4. The molecule has 5 nitrogen and oxygen atoms in total. The number of aliphatic imine (C=N–C) groups is 1. The summed E-state index contributed by atoms with van der Waals surface area (Å²) >= 11 is 0. The summed E-state index contributed by atoms with van der Waals surface area (Å²) in [5.74, 6) is 0. The van der Waals surface area contributed by atoms with E-state index in [1.54, 1.807) is 6.92 Å². The minimum absolute atomic E-state index is 0.0768. The minimum atomic E-state index is -1.07. The van der Waals surface area contributed by atoms with E-state index in [9.17, 15) is 5.11 Å². The van der Waals surface area contributed by atoms with Crippen LogP contribution in [0.15, 0.2) is 16.8 Å². The zero-order valence-electron chi connectivity index (χ0n) is 7.57. The van der Waals surface area contributed by atoms with Crippen LogP contribution in [0.25, 0.3) is 0 Å². The second-order valence-corrected chi connectivity index (χ2v) is 3.23. The Balaban J connectivity index is 3.06. The largest absolute Gasteiger partial charge is 0.392 e. The molecule has 1 aliphatic heterocycles. The third-order valence-electron chi connectivity index (χ3n) is 2.41. The van der Waals surface area contributed by atoms with Crippen molar-refractivity contribution >= 4 is 5.71 Å². The molecule has 0 fully saturated rings. The molecule has 1 aliphatic rings. The zero-order valence-corrected chi connectivity index (χ0v) is 7.57. The van der Waals surface area contributed by atoms with Gasteiger partial charge >= 0.3 is 0 Å². The van der Waals surface area contributed by atoms with E-state index in [-0.39, 0.29) is 13.2 Å². The molecule has 0 aromatic carbocycles. The Morgan fingerprint density at radius 2 is 2.31 bits per heavy atom. The molecule has 2 atom stereocenters. The summed E-state index contributed by atoms with van der Waals surface area (Å²) in [5, 5.41) is 18.7. The molecule has 1 heterocycles. The van der Waals surface area contributed by atoms with Gasteiger partial charge in [-0.05, 0) is 12.5 Å². The predicted molar refractivity (Wildman–Crippen MR) is 50.3 cm³/mol. The zero-order chi connectivity index (χ0) is 10.1. The molecule has 0 aromatic heterocycles. The monoisotopic (exact) mass is 185 g/mol. The lowest BCUT2D eigenvalue weighted by Crippen LogP contribution is -2.61. The van der Waals surface area contributed by atoms with Gasteiger partial charge in [-0.1, -0.05) is 0 Å². The van der Waals surface area contributed by atoms with E-state index in [4.69, 9.17) is 16.6 Å². The molecule has 0 saturated carbocycles. The molecule has 6 N–H and O–H groups in total. The highest BCUT2D eigenvalue weighted by Gasteiger charge is 2.39. The van der Waals surface area contributed by atoms with Crippen LogP contribution < -0.4 is 11.5 Å². The van der Waals surface area contributed by atoms with Crippen molar-refractivity contribution in [2.24, 2.45) is 16.5 Å². The van der Waals surface area contributed by atoms with Gasteiger partial charge in [0.1, 0.15) is 6.10 Å². The standard InChI is InChI=1S/C8H15N3O2/c1-5-7(13)8(10,4-9)6(3-12)2-11-5/h2,7,12-13H,3-4,9-10H2,1H3. The first-order valence-corrected chi connectivity index (χ1v) is 4.08. The summed E-state index contributed by atoms with van der Waals surface area (Å²) in [4.78, 5) is 3.92. The van der Waals surface area contributed by atoms with Gasteiger partial charge in [0, 0.05) is 18.5 Å². The van der Waals surface area contributed by atoms with Crippen LogP contribution in [0.1, 0.15) is 6.92 Å². The van der Waals surface area contributed by atoms with Crippen molar-refractivity contribution in [1.82, 2.24) is 0 Å². The molecule has 2 unspecified atom stereocenters. The van der Waals surface area contributed by atoms with E-state index in [2.05, 4.69) is 4.99 Å². The van der Waals surface area contributed by atoms with E-state index >= 15 is 0 Å². The summed E-state index contributed by atoms with van der Waals surface area (Å²) in [5.41, 5.74) is 11.2. The van der Waals surface area contributed by atoms with Crippen LogP contribution in [0, 0.1) is 0 Å². The first-order chi connectivity index (χ1) is 6.06. The molecule has 13 heavy (non-hydrogen) atoms. The lowest BCUT2D eigenvalue weighted by Gasteiger charge is -2.36. The second kappa shape index (κ2) is 3.55. The van der Waals surface area contributed by atoms with E-state index in [1.165, 1.54) is 6.20 Å². The summed E-state index contributed by atoms with van der Waals surface area (Å²) < 4.78 is 0. The van der Waals surface area contributed by atoms with Crippen molar-refractivity contribution in [3.8, 4) is 0 Å². The fraction of sp³-hybridized carbons (Fsp3) is 0.625. The highest BCUT2D eigenvalue weighted by Crippen LogP contribution is 2.22. The van der Waals surface area contributed by atoms with Gasteiger partial charge in [0.2, 0.25) is 0 Å². The Bertz CT molecular complexity index is 262. The Morgan fingerprint density at radius 3 is 2.77 bits per heavy atom. The molecular weight excluding hydrogens is 170 g/mol. The summed E-state index contributed by atoms with van der Waals surface area (Å²) in [6, 6.07) is 0. The van der Waals surface area contributed by atoms with E-state index in [1.807, 2.05) is 0 Å². The third kappa shape index (κ3) is 1.51. The van der Waals surface area contributed by atoms with Gasteiger partial charge in [-0.15, -0.1) is 0 Å². The van der Waals surface area contributed by atoms with E-state index in [0.29, 0.717) is 11.3 Å². The molecular formula is C8H15N3O2. The van der Waals surface area contributed by atoms with Gasteiger partial charge in [0.05, 0.1) is 12.1 Å². The lowest BCUT2D eigenvalue weighted by molar-refractivity contribution is 0.153. The van der Waals surface area contributed by atoms with Gasteiger partial charge in [-0.2, -0.15) is 0 Å². The van der Waals surface area contributed by atoms with Crippen molar-refractivity contribution in [3.05, 3.63) is 11.8 Å².